The molecule has 1 atom stereocenters. The van der Waals surface area contributed by atoms with Gasteiger partial charge in [-0.2, -0.15) is 10.4 Å². The van der Waals surface area contributed by atoms with Crippen molar-refractivity contribution in [2.24, 2.45) is 0 Å². The molecule has 1 aromatic heterocycles. The lowest BCUT2D eigenvalue weighted by Crippen LogP contribution is -2.19. The van der Waals surface area contributed by atoms with Gasteiger partial charge in [0.15, 0.2) is 0 Å². The van der Waals surface area contributed by atoms with Crippen LogP contribution < -0.4 is 20.1 Å². The first kappa shape index (κ1) is 32.1. The van der Waals surface area contributed by atoms with Gasteiger partial charge in [-0.3, -0.25) is 14.4 Å². The number of benzene rings is 1. The van der Waals surface area contributed by atoms with Gasteiger partial charge in [0, 0.05) is 26.0 Å². The first-order valence-corrected chi connectivity index (χ1v) is 13.0. The number of ketones is 1. The number of hydrogen-bond acceptors (Lipinski definition) is 11. The van der Waals surface area contributed by atoms with E-state index in [9.17, 15) is 19.6 Å². The van der Waals surface area contributed by atoms with Gasteiger partial charge in [-0.05, 0) is 51.4 Å². The lowest BCUT2D eigenvalue weighted by Gasteiger charge is -2.15. The number of hydrogen-bond donors (Lipinski definition) is 2. The fourth-order valence-corrected chi connectivity index (χ4v) is 3.96. The van der Waals surface area contributed by atoms with E-state index < -0.39 is 0 Å². The molecule has 0 amide bonds. The number of carbonyl (C=O) groups is 3. The van der Waals surface area contributed by atoms with Gasteiger partial charge >= 0.3 is 5.97 Å². The molecular weight excluding hydrogens is 518 g/mol. The minimum absolute atomic E-state index is 0.0220. The van der Waals surface area contributed by atoms with E-state index in [4.69, 9.17) is 14.2 Å². The molecule has 0 unspecified atom stereocenters. The largest absolute Gasteiger partial charge is 0.497 e. The molecule has 12 nitrogen and oxygen atoms in total. The van der Waals surface area contributed by atoms with Gasteiger partial charge in [0.25, 0.3) is 6.47 Å². The molecule has 1 saturated heterocycles. The number of aromatic nitrogens is 2. The van der Waals surface area contributed by atoms with Gasteiger partial charge < -0.3 is 29.6 Å². The third-order valence-corrected chi connectivity index (χ3v) is 5.75. The summed E-state index contributed by atoms with van der Waals surface area (Å²) in [5.41, 5.74) is 1.20. The van der Waals surface area contributed by atoms with E-state index in [2.05, 4.69) is 26.5 Å². The summed E-state index contributed by atoms with van der Waals surface area (Å²) in [5, 5.41) is 20.9. The standard InChI is InChI=1S/C23H29N5O5.C5H10O2/c1-15(29)33-7-6-26-23-21(13-24)22(27-28(23)17-4-5-25-14-17)11-18(30)8-16-9-19(31-2)12-20(10-16)32-3;1-5(2,3)7-4-6/h9-10,12,17,25-26H,4-8,11,14H2,1-3H3;4H,1-3H3/t17-;/m0./s1. The van der Waals surface area contributed by atoms with E-state index in [0.717, 1.165) is 25.1 Å². The van der Waals surface area contributed by atoms with Gasteiger partial charge in [0.2, 0.25) is 0 Å². The van der Waals surface area contributed by atoms with E-state index in [1.165, 1.54) is 6.92 Å². The average molecular weight is 558 g/mol. The Morgan fingerprint density at radius 2 is 1.88 bits per heavy atom. The van der Waals surface area contributed by atoms with Crippen LogP contribution in [0.25, 0.3) is 0 Å². The third-order valence-electron chi connectivity index (χ3n) is 5.75. The van der Waals surface area contributed by atoms with Crippen molar-refractivity contribution >= 4 is 24.0 Å². The van der Waals surface area contributed by atoms with E-state index in [0.29, 0.717) is 41.6 Å². The second-order valence-corrected chi connectivity index (χ2v) is 10.1. The van der Waals surface area contributed by atoms with Crippen LogP contribution in [-0.4, -0.2) is 74.1 Å². The van der Waals surface area contributed by atoms with Crippen molar-refractivity contribution in [1.29, 1.82) is 5.26 Å². The Balaban J connectivity index is 0.000000708. The molecule has 1 aliphatic heterocycles. The Morgan fingerprint density at radius 1 is 1.20 bits per heavy atom. The predicted octanol–water partition coefficient (Wildman–Crippen LogP) is 2.59. The number of carbonyl (C=O) groups excluding carboxylic acids is 3. The highest BCUT2D eigenvalue weighted by Gasteiger charge is 2.26. The second-order valence-electron chi connectivity index (χ2n) is 10.1. The van der Waals surface area contributed by atoms with Crippen LogP contribution in [0.2, 0.25) is 0 Å². The van der Waals surface area contributed by atoms with E-state index >= 15 is 0 Å². The fraction of sp³-hybridized carbons (Fsp3) is 0.536. The quantitative estimate of drug-likeness (QED) is 0.225. The average Bonchev–Trinajstić information content (AvgIpc) is 3.53. The molecule has 2 heterocycles. The molecule has 40 heavy (non-hydrogen) atoms. The predicted molar refractivity (Wildman–Crippen MR) is 147 cm³/mol. The number of nitrogens with zero attached hydrogens (tertiary/aromatic N) is 3. The number of ether oxygens (including phenoxy) is 4. The molecule has 218 valence electrons. The van der Waals surface area contributed by atoms with Gasteiger partial charge in [-0.1, -0.05) is 0 Å². The van der Waals surface area contributed by atoms with Crippen LogP contribution in [0, 0.1) is 11.3 Å². The molecule has 0 bridgehead atoms. The number of methoxy groups -OCH3 is 2. The van der Waals surface area contributed by atoms with E-state index in [1.807, 2.05) is 20.8 Å². The normalized spacial score (nSPS) is 14.3. The summed E-state index contributed by atoms with van der Waals surface area (Å²) in [6.45, 7) is 9.34. The highest BCUT2D eigenvalue weighted by Crippen LogP contribution is 2.28. The molecule has 1 aromatic carbocycles. The lowest BCUT2D eigenvalue weighted by molar-refractivity contribution is -0.141. The summed E-state index contributed by atoms with van der Waals surface area (Å²) < 4.78 is 21.9. The fourth-order valence-electron chi connectivity index (χ4n) is 3.96. The Kier molecular flexibility index (Phi) is 12.4. The smallest absolute Gasteiger partial charge is 0.302 e. The molecule has 0 spiro atoms. The molecule has 1 fully saturated rings. The summed E-state index contributed by atoms with van der Waals surface area (Å²) in [7, 11) is 3.11. The van der Waals surface area contributed by atoms with Crippen molar-refractivity contribution in [1.82, 2.24) is 15.1 Å². The van der Waals surface area contributed by atoms with Crippen molar-refractivity contribution in [2.75, 3.05) is 45.8 Å². The highest BCUT2D eigenvalue weighted by molar-refractivity contribution is 5.84. The maximum absolute atomic E-state index is 12.9. The van der Waals surface area contributed by atoms with Gasteiger partial charge in [-0.25, -0.2) is 4.68 Å². The van der Waals surface area contributed by atoms with Gasteiger partial charge in [0.1, 0.15) is 46.9 Å². The summed E-state index contributed by atoms with van der Waals surface area (Å²) >= 11 is 0. The summed E-state index contributed by atoms with van der Waals surface area (Å²) in [5.74, 6) is 1.30. The Bertz CT molecular complexity index is 1170. The maximum Gasteiger partial charge on any atom is 0.302 e. The van der Waals surface area contributed by atoms with Crippen molar-refractivity contribution in [3.8, 4) is 17.6 Å². The molecule has 2 N–H and O–H groups in total. The Hall–Kier alpha value is -4.11. The molecule has 1 aliphatic rings. The number of nitriles is 1. The maximum atomic E-state index is 12.9. The van der Waals surface area contributed by atoms with Crippen LogP contribution in [-0.2, 0) is 36.7 Å². The van der Waals surface area contributed by atoms with Crippen LogP contribution in [0.1, 0.15) is 57.0 Å². The molecule has 0 saturated carbocycles. The van der Waals surface area contributed by atoms with Crippen molar-refractivity contribution in [3.05, 3.63) is 35.0 Å². The van der Waals surface area contributed by atoms with E-state index in [1.54, 1.807) is 37.1 Å². The first-order chi connectivity index (χ1) is 19.0. The molecule has 2 aromatic rings. The molecule has 0 aliphatic carbocycles. The van der Waals surface area contributed by atoms with Crippen molar-refractivity contribution in [2.45, 2.75) is 58.6 Å². The molecular formula is C28H39N5O7. The highest BCUT2D eigenvalue weighted by atomic mass is 16.5. The van der Waals surface area contributed by atoms with Crippen LogP contribution in [0.4, 0.5) is 5.82 Å². The van der Waals surface area contributed by atoms with Gasteiger partial charge in [0.05, 0.1) is 38.9 Å². The minimum Gasteiger partial charge on any atom is -0.497 e. The topological polar surface area (TPSA) is 154 Å². The monoisotopic (exact) mass is 557 g/mol. The Morgan fingerprint density at radius 3 is 2.35 bits per heavy atom. The number of Topliss-reactive ketones (excluding diaryl/α,β-unsaturated/α-hetero) is 1. The zero-order valence-electron chi connectivity index (χ0n) is 24.0. The van der Waals surface area contributed by atoms with Crippen molar-refractivity contribution in [3.63, 3.8) is 0 Å². The van der Waals surface area contributed by atoms with Gasteiger partial charge in [-0.15, -0.1) is 0 Å². The zero-order chi connectivity index (χ0) is 29.7. The third kappa shape index (κ3) is 10.2. The van der Waals surface area contributed by atoms with Crippen LogP contribution in [0.3, 0.4) is 0 Å². The summed E-state index contributed by atoms with van der Waals surface area (Å²) in [4.78, 5) is 33.5. The first-order valence-electron chi connectivity index (χ1n) is 13.0. The van der Waals surface area contributed by atoms with E-state index in [-0.39, 0.29) is 42.8 Å². The zero-order valence-corrected chi connectivity index (χ0v) is 24.0. The van der Waals surface area contributed by atoms with Crippen LogP contribution in [0.5, 0.6) is 11.5 Å². The summed E-state index contributed by atoms with van der Waals surface area (Å²) in [6, 6.07) is 7.59. The number of anilines is 1. The molecule has 3 rings (SSSR count). The van der Waals surface area contributed by atoms with Crippen LogP contribution >= 0.6 is 0 Å². The number of nitrogens with one attached hydrogen (secondary N) is 2. The van der Waals surface area contributed by atoms with Crippen LogP contribution in [0.15, 0.2) is 18.2 Å². The SMILES string of the molecule is CC(C)(C)OC=O.COc1cc(CC(=O)Cc2nn([C@H]3CCNC3)c(NCCOC(C)=O)c2C#N)cc(OC)c1. The molecule has 0 radical (unpaired) electrons. The molecule has 12 heteroatoms. The minimum atomic E-state index is -0.369. The summed E-state index contributed by atoms with van der Waals surface area (Å²) in [6.07, 6.45) is 1.04. The Labute approximate surface area is 234 Å². The lowest BCUT2D eigenvalue weighted by atomic mass is 10.0. The van der Waals surface area contributed by atoms with Crippen molar-refractivity contribution < 1.29 is 33.3 Å². The second kappa shape index (κ2) is 15.5. The number of esters is 1. The number of rotatable bonds is 12.